The van der Waals surface area contributed by atoms with Crippen LogP contribution in [0, 0.1) is 24.7 Å². The zero-order valence-corrected chi connectivity index (χ0v) is 24.5. The smallest absolute Gasteiger partial charge is 0.315 e. The van der Waals surface area contributed by atoms with Crippen LogP contribution in [0.1, 0.15) is 70.7 Å². The van der Waals surface area contributed by atoms with Gasteiger partial charge in [-0.15, -0.1) is 12.8 Å². The van der Waals surface area contributed by atoms with Gasteiger partial charge in [-0.2, -0.15) is 11.8 Å². The van der Waals surface area contributed by atoms with Crippen molar-refractivity contribution in [3.63, 3.8) is 0 Å². The van der Waals surface area contributed by atoms with Gasteiger partial charge in [0.25, 0.3) is 0 Å². The molecule has 2 aliphatic rings. The Morgan fingerprint density at radius 1 is 1.08 bits per heavy atom. The predicted molar refractivity (Wildman–Crippen MR) is 160 cm³/mol. The molecule has 0 radical (unpaired) electrons. The number of benzene rings is 1. The second kappa shape index (κ2) is 23.2. The average Bonchev–Trinajstić information content (AvgIpc) is 3.45. The number of hydrogen-bond acceptors (Lipinski definition) is 6. The van der Waals surface area contributed by atoms with E-state index in [4.69, 9.17) is 16.6 Å². The predicted octanol–water partition coefficient (Wildman–Crippen LogP) is 3.37. The highest BCUT2D eigenvalue weighted by Crippen LogP contribution is 2.20. The van der Waals surface area contributed by atoms with Crippen molar-refractivity contribution < 1.29 is 19.5 Å². The van der Waals surface area contributed by atoms with E-state index in [2.05, 4.69) is 63.4 Å². The summed E-state index contributed by atoms with van der Waals surface area (Å²) in [6, 6.07) is 7.28. The van der Waals surface area contributed by atoms with Crippen molar-refractivity contribution in [1.29, 1.82) is 0 Å². The number of primary amides is 1. The molecule has 0 aromatic heterocycles. The summed E-state index contributed by atoms with van der Waals surface area (Å²) in [7, 11) is 0. The number of nitrogen functional groups attached to an aromatic ring is 1. The van der Waals surface area contributed by atoms with Gasteiger partial charge in [-0.1, -0.05) is 41.0 Å². The quantitative estimate of drug-likeness (QED) is 0.165. The number of aliphatic hydroxyl groups is 1. The van der Waals surface area contributed by atoms with Crippen LogP contribution in [0.2, 0.25) is 0 Å². The number of rotatable bonds is 8. The van der Waals surface area contributed by atoms with Crippen molar-refractivity contribution >= 4 is 35.3 Å². The van der Waals surface area contributed by atoms with Crippen molar-refractivity contribution in [3.05, 3.63) is 29.8 Å². The zero-order valence-electron chi connectivity index (χ0n) is 23.7. The number of unbranched alkanes of at least 4 members (excludes halogenated alkanes) is 1. The molecule has 10 heteroatoms. The standard InChI is InChI=1S/C9H19NO.C7H8N2O.C5H8N2OS.C5H12O.C2H2/c1-4-5-6-9(11)10-7-8(2)3;8-6-3-1-5(2-4-6)7(9)10;8-5-6-3-1-9-2-4(3)7-5;1-5(2)3-4-6;1-2/h8H,4-7H2,1-3H3,(H,10,11);1-4H,8H2,(H2,9,10);3-4H,1-2H2,(H2,6,7,8);5-6H,3-4H2,1-2H3;1-2H/t;;3-,4+;;. The molecule has 0 aliphatic carbocycles. The Bertz CT molecular complexity index is 786. The number of terminal acetylenes is 1. The van der Waals surface area contributed by atoms with Gasteiger partial charge in [0.2, 0.25) is 11.8 Å². The largest absolute Gasteiger partial charge is 0.399 e. The van der Waals surface area contributed by atoms with Crippen LogP contribution in [0.25, 0.3) is 0 Å². The zero-order chi connectivity index (χ0) is 29.5. The van der Waals surface area contributed by atoms with Crippen LogP contribution in [-0.4, -0.2) is 59.7 Å². The SMILES string of the molecule is C#C.CC(C)CCO.CCCCC(=O)NCC(C)C.NC(=O)c1ccc(N)cc1.O=C1N[C@H]2CSC[C@H]2N1. The lowest BCUT2D eigenvalue weighted by atomic mass is 10.2. The van der Waals surface area contributed by atoms with Gasteiger partial charge in [0.05, 0.1) is 12.1 Å². The summed E-state index contributed by atoms with van der Waals surface area (Å²) in [6.45, 7) is 11.6. The number of nitrogens with one attached hydrogen (secondary N) is 3. The molecule has 3 rings (SSSR count). The van der Waals surface area contributed by atoms with Crippen LogP contribution < -0.4 is 27.4 Å². The van der Waals surface area contributed by atoms with E-state index in [0.29, 0.717) is 48.2 Å². The summed E-state index contributed by atoms with van der Waals surface area (Å²) in [6.07, 6.45) is 11.7. The Morgan fingerprint density at radius 3 is 1.97 bits per heavy atom. The first-order valence-corrected chi connectivity index (χ1v) is 14.2. The van der Waals surface area contributed by atoms with Gasteiger partial charge in [0, 0.05) is 42.3 Å². The maximum absolute atomic E-state index is 11.0. The highest BCUT2D eigenvalue weighted by atomic mass is 32.2. The van der Waals surface area contributed by atoms with E-state index < -0.39 is 5.91 Å². The van der Waals surface area contributed by atoms with E-state index >= 15 is 0 Å². The number of nitrogens with two attached hydrogens (primary N) is 2. The fraction of sp³-hybridized carbons (Fsp3) is 0.607. The third kappa shape index (κ3) is 20.2. The normalized spacial score (nSPS) is 16.4. The third-order valence-corrected chi connectivity index (χ3v) is 6.27. The van der Waals surface area contributed by atoms with Gasteiger partial charge in [-0.3, -0.25) is 9.59 Å². The van der Waals surface area contributed by atoms with E-state index in [1.54, 1.807) is 24.3 Å². The number of anilines is 1. The van der Waals surface area contributed by atoms with Crippen molar-refractivity contribution in [3.8, 4) is 12.8 Å². The van der Waals surface area contributed by atoms with Crippen LogP contribution >= 0.6 is 11.8 Å². The molecule has 4 amide bonds. The number of hydrogen-bond donors (Lipinski definition) is 6. The molecule has 8 N–H and O–H groups in total. The summed E-state index contributed by atoms with van der Waals surface area (Å²) in [4.78, 5) is 32.1. The fourth-order valence-corrected chi connectivity index (χ4v) is 4.14. The molecule has 2 saturated heterocycles. The molecule has 2 heterocycles. The molecule has 0 saturated carbocycles. The number of carbonyl (C=O) groups excluding carboxylic acids is 3. The highest BCUT2D eigenvalue weighted by molar-refractivity contribution is 7.99. The minimum atomic E-state index is -0.431. The number of carbonyl (C=O) groups is 3. The van der Waals surface area contributed by atoms with Gasteiger partial charge >= 0.3 is 6.03 Å². The number of aliphatic hydroxyl groups excluding tert-OH is 1. The van der Waals surface area contributed by atoms with E-state index in [1.807, 2.05) is 11.8 Å². The average molecular weight is 552 g/mol. The van der Waals surface area contributed by atoms with E-state index in [1.165, 1.54) is 0 Å². The lowest BCUT2D eigenvalue weighted by molar-refractivity contribution is -0.121. The summed E-state index contributed by atoms with van der Waals surface area (Å²) in [5.74, 6) is 3.11. The maximum Gasteiger partial charge on any atom is 0.315 e. The van der Waals surface area contributed by atoms with Gasteiger partial charge in [-0.25, -0.2) is 4.79 Å². The fourth-order valence-electron chi connectivity index (χ4n) is 2.87. The molecule has 0 unspecified atom stereocenters. The van der Waals surface area contributed by atoms with Crippen molar-refractivity contribution in [2.24, 2.45) is 17.6 Å². The molecule has 0 spiro atoms. The minimum absolute atomic E-state index is 0.00491. The first-order valence-electron chi connectivity index (χ1n) is 13.0. The molecule has 2 atom stereocenters. The number of urea groups is 1. The number of fused-ring (bicyclic) bond motifs is 1. The first-order chi connectivity index (χ1) is 18.0. The van der Waals surface area contributed by atoms with Gasteiger partial charge in [0.15, 0.2) is 0 Å². The van der Waals surface area contributed by atoms with Crippen LogP contribution in [0.5, 0.6) is 0 Å². The molecular formula is C28H49N5O4S. The summed E-state index contributed by atoms with van der Waals surface area (Å²) in [5, 5.41) is 16.8. The Balaban J connectivity index is 0. The minimum Gasteiger partial charge on any atom is -0.399 e. The Morgan fingerprint density at radius 2 is 1.61 bits per heavy atom. The number of amides is 4. The van der Waals surface area contributed by atoms with Crippen LogP contribution in [0.15, 0.2) is 24.3 Å². The van der Waals surface area contributed by atoms with E-state index in [-0.39, 0.29) is 11.9 Å². The monoisotopic (exact) mass is 551 g/mol. The number of thioether (sulfide) groups is 1. The Kier molecular flexibility index (Phi) is 22.8. The van der Waals surface area contributed by atoms with Crippen LogP contribution in [0.3, 0.4) is 0 Å². The molecule has 216 valence electrons. The highest BCUT2D eigenvalue weighted by Gasteiger charge is 2.35. The molecule has 2 aliphatic heterocycles. The lowest BCUT2D eigenvalue weighted by Gasteiger charge is -2.06. The Hall–Kier alpha value is -2.90. The molecule has 0 bridgehead atoms. The lowest BCUT2D eigenvalue weighted by Crippen LogP contribution is -2.31. The van der Waals surface area contributed by atoms with E-state index in [0.717, 1.165) is 37.3 Å². The molecular weight excluding hydrogens is 502 g/mol. The first kappa shape index (κ1) is 37.3. The molecule has 38 heavy (non-hydrogen) atoms. The van der Waals surface area contributed by atoms with Gasteiger partial charge in [-0.05, 0) is 48.9 Å². The van der Waals surface area contributed by atoms with Crippen molar-refractivity contribution in [2.75, 3.05) is 30.4 Å². The topological polar surface area (TPSA) is 160 Å². The Labute approximate surface area is 233 Å². The van der Waals surface area contributed by atoms with Crippen molar-refractivity contribution in [2.45, 2.75) is 72.4 Å². The van der Waals surface area contributed by atoms with Gasteiger partial charge < -0.3 is 32.5 Å². The van der Waals surface area contributed by atoms with Crippen LogP contribution in [-0.2, 0) is 4.79 Å². The second-order valence-corrected chi connectivity index (χ2v) is 10.6. The molecule has 1 aromatic carbocycles. The second-order valence-electron chi connectivity index (χ2n) is 9.56. The van der Waals surface area contributed by atoms with Crippen LogP contribution in [0.4, 0.5) is 10.5 Å². The molecule has 9 nitrogen and oxygen atoms in total. The van der Waals surface area contributed by atoms with E-state index in [9.17, 15) is 14.4 Å². The molecule has 2 fully saturated rings. The summed E-state index contributed by atoms with van der Waals surface area (Å²) < 4.78 is 0. The summed E-state index contributed by atoms with van der Waals surface area (Å²) in [5.41, 5.74) is 11.5. The van der Waals surface area contributed by atoms with Crippen molar-refractivity contribution in [1.82, 2.24) is 16.0 Å². The molecule has 1 aromatic rings. The third-order valence-electron chi connectivity index (χ3n) is 5.08. The summed E-state index contributed by atoms with van der Waals surface area (Å²) >= 11 is 1.89. The van der Waals surface area contributed by atoms with Gasteiger partial charge in [0.1, 0.15) is 0 Å². The maximum atomic E-state index is 11.0.